The lowest BCUT2D eigenvalue weighted by molar-refractivity contribution is 0.107. The molecule has 2 aliphatic carbocycles. The van der Waals surface area contributed by atoms with Crippen molar-refractivity contribution in [1.82, 2.24) is 20.1 Å². The first-order valence-electron chi connectivity index (χ1n) is 7.57. The molecule has 0 saturated heterocycles. The zero-order valence-electron chi connectivity index (χ0n) is 12.6. The van der Waals surface area contributed by atoms with Crippen molar-refractivity contribution in [2.75, 3.05) is 0 Å². The van der Waals surface area contributed by atoms with Crippen LogP contribution >= 0.6 is 0 Å². The predicted molar refractivity (Wildman–Crippen MR) is 75.6 cm³/mol. The molecule has 4 nitrogen and oxygen atoms in total. The summed E-state index contributed by atoms with van der Waals surface area (Å²) in [6.45, 7) is 11.2. The third kappa shape index (κ3) is 1.92. The zero-order chi connectivity index (χ0) is 13.7. The van der Waals surface area contributed by atoms with Gasteiger partial charge in [-0.25, -0.2) is 0 Å². The van der Waals surface area contributed by atoms with Gasteiger partial charge in [-0.1, -0.05) is 20.8 Å². The summed E-state index contributed by atoms with van der Waals surface area (Å²) in [5, 5.41) is 12.0. The number of hydrogen-bond donors (Lipinski definition) is 1. The summed E-state index contributed by atoms with van der Waals surface area (Å²) in [7, 11) is 0. The maximum Gasteiger partial charge on any atom is 0.146 e. The molecule has 19 heavy (non-hydrogen) atoms. The highest BCUT2D eigenvalue weighted by molar-refractivity contribution is 5.12. The maximum absolute atomic E-state index is 4.23. The minimum atomic E-state index is 0.407. The van der Waals surface area contributed by atoms with Crippen LogP contribution in [0.3, 0.4) is 0 Å². The standard InChI is InChI=1S/C15H26N4/c1-5-19-10-17-18-12(19)9-16-13-14(2,3)11-6-7-15(13,4)8-11/h10-11,13,16H,5-9H2,1-4H3. The third-order valence-electron chi connectivity index (χ3n) is 5.77. The minimum absolute atomic E-state index is 0.407. The number of fused-ring (bicyclic) bond motifs is 2. The predicted octanol–water partition coefficient (Wildman–Crippen LogP) is 2.60. The Morgan fingerprint density at radius 1 is 1.42 bits per heavy atom. The summed E-state index contributed by atoms with van der Waals surface area (Å²) in [6.07, 6.45) is 5.99. The van der Waals surface area contributed by atoms with E-state index >= 15 is 0 Å². The van der Waals surface area contributed by atoms with Crippen molar-refractivity contribution in [2.24, 2.45) is 16.7 Å². The van der Waals surface area contributed by atoms with Crippen LogP contribution in [0.1, 0.15) is 52.8 Å². The smallest absolute Gasteiger partial charge is 0.146 e. The third-order valence-corrected chi connectivity index (χ3v) is 5.77. The Morgan fingerprint density at radius 2 is 2.21 bits per heavy atom. The molecular weight excluding hydrogens is 236 g/mol. The largest absolute Gasteiger partial charge is 0.317 e. The van der Waals surface area contributed by atoms with Gasteiger partial charge in [-0.2, -0.15) is 0 Å². The number of hydrogen-bond acceptors (Lipinski definition) is 3. The lowest BCUT2D eigenvalue weighted by Crippen LogP contribution is -2.50. The number of rotatable bonds is 4. The van der Waals surface area contributed by atoms with E-state index in [1.807, 2.05) is 6.33 Å². The average Bonchev–Trinajstić information content (AvgIpc) is 2.99. The lowest BCUT2D eigenvalue weighted by Gasteiger charge is -2.43. The summed E-state index contributed by atoms with van der Waals surface area (Å²) >= 11 is 0. The molecule has 1 aromatic rings. The molecule has 3 atom stereocenters. The second kappa shape index (κ2) is 4.30. The van der Waals surface area contributed by atoms with Crippen molar-refractivity contribution in [3.05, 3.63) is 12.2 Å². The maximum atomic E-state index is 4.23. The molecule has 2 saturated carbocycles. The molecule has 1 heterocycles. The monoisotopic (exact) mass is 262 g/mol. The van der Waals surface area contributed by atoms with Crippen LogP contribution in [0.5, 0.6) is 0 Å². The van der Waals surface area contributed by atoms with E-state index in [1.54, 1.807) is 0 Å². The SMILES string of the molecule is CCn1cnnc1CNC1C2(C)CCC(C2)C1(C)C. The highest BCUT2D eigenvalue weighted by atomic mass is 15.3. The minimum Gasteiger partial charge on any atom is -0.317 e. The van der Waals surface area contributed by atoms with Gasteiger partial charge in [0.2, 0.25) is 0 Å². The molecule has 3 unspecified atom stereocenters. The van der Waals surface area contributed by atoms with Gasteiger partial charge in [-0.15, -0.1) is 10.2 Å². The van der Waals surface area contributed by atoms with Gasteiger partial charge in [0.1, 0.15) is 12.2 Å². The molecule has 106 valence electrons. The summed E-state index contributed by atoms with van der Waals surface area (Å²) in [5.41, 5.74) is 0.884. The van der Waals surface area contributed by atoms with E-state index < -0.39 is 0 Å². The summed E-state index contributed by atoms with van der Waals surface area (Å²) in [6, 6.07) is 0.598. The molecule has 0 radical (unpaired) electrons. The number of aromatic nitrogens is 3. The summed E-state index contributed by atoms with van der Waals surface area (Å²) < 4.78 is 2.12. The molecule has 2 aliphatic rings. The van der Waals surface area contributed by atoms with Gasteiger partial charge in [0.05, 0.1) is 6.54 Å². The highest BCUT2D eigenvalue weighted by Gasteiger charge is 2.58. The Morgan fingerprint density at radius 3 is 2.84 bits per heavy atom. The molecule has 0 amide bonds. The lowest BCUT2D eigenvalue weighted by atomic mass is 9.68. The first kappa shape index (κ1) is 13.1. The molecule has 1 aromatic heterocycles. The Labute approximate surface area is 116 Å². The fourth-order valence-corrected chi connectivity index (χ4v) is 4.68. The Balaban J connectivity index is 1.73. The quantitative estimate of drug-likeness (QED) is 0.907. The van der Waals surface area contributed by atoms with Gasteiger partial charge in [0, 0.05) is 12.6 Å². The molecule has 2 fully saturated rings. The van der Waals surface area contributed by atoms with Crippen LogP contribution in [0.2, 0.25) is 0 Å². The fraction of sp³-hybridized carbons (Fsp3) is 0.867. The number of nitrogens with zero attached hydrogens (tertiary/aromatic N) is 3. The Kier molecular flexibility index (Phi) is 2.97. The van der Waals surface area contributed by atoms with Crippen molar-refractivity contribution in [3.8, 4) is 0 Å². The fourth-order valence-electron chi connectivity index (χ4n) is 4.68. The molecule has 4 heteroatoms. The van der Waals surface area contributed by atoms with Crippen LogP contribution in [-0.2, 0) is 13.1 Å². The molecular formula is C15H26N4. The van der Waals surface area contributed by atoms with Crippen molar-refractivity contribution in [2.45, 2.75) is 66.1 Å². The van der Waals surface area contributed by atoms with E-state index in [0.29, 0.717) is 16.9 Å². The normalized spacial score (nSPS) is 36.0. The molecule has 3 rings (SSSR count). The van der Waals surface area contributed by atoms with E-state index in [2.05, 4.69) is 47.8 Å². The van der Waals surface area contributed by atoms with Crippen molar-refractivity contribution in [3.63, 3.8) is 0 Å². The average molecular weight is 262 g/mol. The van der Waals surface area contributed by atoms with E-state index in [4.69, 9.17) is 0 Å². The number of aryl methyl sites for hydroxylation is 1. The molecule has 0 aromatic carbocycles. The highest BCUT2D eigenvalue weighted by Crippen LogP contribution is 2.62. The Hall–Kier alpha value is -0.900. The van der Waals surface area contributed by atoms with Gasteiger partial charge in [-0.05, 0) is 42.9 Å². The van der Waals surface area contributed by atoms with E-state index in [0.717, 1.165) is 24.8 Å². The zero-order valence-corrected chi connectivity index (χ0v) is 12.6. The van der Waals surface area contributed by atoms with E-state index in [-0.39, 0.29) is 0 Å². The van der Waals surface area contributed by atoms with E-state index in [9.17, 15) is 0 Å². The first-order valence-corrected chi connectivity index (χ1v) is 7.57. The molecule has 0 aliphatic heterocycles. The van der Waals surface area contributed by atoms with Crippen LogP contribution in [0.25, 0.3) is 0 Å². The van der Waals surface area contributed by atoms with Crippen molar-refractivity contribution < 1.29 is 0 Å². The Bertz CT molecular complexity index is 460. The van der Waals surface area contributed by atoms with Crippen molar-refractivity contribution in [1.29, 1.82) is 0 Å². The van der Waals surface area contributed by atoms with Crippen LogP contribution in [-0.4, -0.2) is 20.8 Å². The summed E-state index contributed by atoms with van der Waals surface area (Å²) in [5.74, 6) is 1.95. The van der Waals surface area contributed by atoms with Gasteiger partial charge in [-0.3, -0.25) is 0 Å². The molecule has 1 N–H and O–H groups in total. The van der Waals surface area contributed by atoms with Crippen LogP contribution in [0, 0.1) is 16.7 Å². The summed E-state index contributed by atoms with van der Waals surface area (Å²) in [4.78, 5) is 0. The van der Waals surface area contributed by atoms with Gasteiger partial charge in [0.15, 0.2) is 0 Å². The first-order chi connectivity index (χ1) is 8.97. The van der Waals surface area contributed by atoms with Gasteiger partial charge < -0.3 is 9.88 Å². The molecule has 0 spiro atoms. The van der Waals surface area contributed by atoms with Crippen LogP contribution in [0.15, 0.2) is 6.33 Å². The topological polar surface area (TPSA) is 42.7 Å². The van der Waals surface area contributed by atoms with E-state index in [1.165, 1.54) is 19.3 Å². The second-order valence-corrected chi connectivity index (χ2v) is 7.26. The van der Waals surface area contributed by atoms with Crippen molar-refractivity contribution >= 4 is 0 Å². The molecule has 2 bridgehead atoms. The second-order valence-electron chi connectivity index (χ2n) is 7.26. The van der Waals surface area contributed by atoms with Crippen LogP contribution in [0.4, 0.5) is 0 Å². The van der Waals surface area contributed by atoms with Gasteiger partial charge in [0.25, 0.3) is 0 Å². The van der Waals surface area contributed by atoms with Gasteiger partial charge >= 0.3 is 0 Å². The van der Waals surface area contributed by atoms with Crippen LogP contribution < -0.4 is 5.32 Å². The number of nitrogens with one attached hydrogen (secondary N) is 1.